The third-order valence-electron chi connectivity index (χ3n) is 3.74. The minimum absolute atomic E-state index is 0.943. The lowest BCUT2D eigenvalue weighted by molar-refractivity contribution is 0.282. The van der Waals surface area contributed by atoms with E-state index in [-0.39, 0.29) is 0 Å². The molecule has 2 heteroatoms. The molecule has 1 saturated carbocycles. The van der Waals surface area contributed by atoms with Gasteiger partial charge in [-0.2, -0.15) is 11.3 Å². The molecule has 1 nitrogen and oxygen atoms in total. The van der Waals surface area contributed by atoms with Crippen molar-refractivity contribution in [2.75, 3.05) is 13.1 Å². The van der Waals surface area contributed by atoms with Crippen LogP contribution in [0.3, 0.4) is 0 Å². The molecular formula is C14H23NS. The van der Waals surface area contributed by atoms with E-state index in [1.807, 2.05) is 0 Å². The highest BCUT2D eigenvalue weighted by Crippen LogP contribution is 2.27. The minimum Gasteiger partial charge on any atom is -0.316 e. The molecule has 1 aliphatic rings. The summed E-state index contributed by atoms with van der Waals surface area (Å²) in [5, 5.41) is 8.03. The van der Waals surface area contributed by atoms with Crippen LogP contribution in [-0.4, -0.2) is 13.1 Å². The second-order valence-corrected chi connectivity index (χ2v) is 5.99. The molecule has 0 amide bonds. The van der Waals surface area contributed by atoms with Gasteiger partial charge in [0.05, 0.1) is 0 Å². The third-order valence-corrected chi connectivity index (χ3v) is 4.47. The highest BCUT2D eigenvalue weighted by molar-refractivity contribution is 7.07. The first-order valence-electron chi connectivity index (χ1n) is 6.56. The fourth-order valence-corrected chi connectivity index (χ4v) is 3.21. The molecule has 1 heterocycles. The Kier molecular flexibility index (Phi) is 4.86. The van der Waals surface area contributed by atoms with Gasteiger partial charge >= 0.3 is 0 Å². The van der Waals surface area contributed by atoms with Gasteiger partial charge in [-0.05, 0) is 66.6 Å². The van der Waals surface area contributed by atoms with Gasteiger partial charge in [-0.15, -0.1) is 0 Å². The number of hydrogen-bond donors (Lipinski definition) is 1. The van der Waals surface area contributed by atoms with Crippen molar-refractivity contribution in [1.82, 2.24) is 5.32 Å². The highest BCUT2D eigenvalue weighted by atomic mass is 32.1. The molecule has 0 saturated heterocycles. The number of nitrogens with one attached hydrogen (secondary N) is 1. The minimum atomic E-state index is 0.943. The van der Waals surface area contributed by atoms with Crippen molar-refractivity contribution in [2.24, 2.45) is 11.8 Å². The van der Waals surface area contributed by atoms with Crippen molar-refractivity contribution < 1.29 is 0 Å². The fraction of sp³-hybridized carbons (Fsp3) is 0.714. The number of thiophene rings is 1. The molecule has 0 radical (unpaired) electrons. The van der Waals surface area contributed by atoms with E-state index in [4.69, 9.17) is 0 Å². The average molecular weight is 237 g/mol. The predicted octanol–water partition coefficient (Wildman–Crippen LogP) is 3.71. The summed E-state index contributed by atoms with van der Waals surface area (Å²) in [6, 6.07) is 2.23. The summed E-state index contributed by atoms with van der Waals surface area (Å²) < 4.78 is 0. The summed E-state index contributed by atoms with van der Waals surface area (Å²) in [5.74, 6) is 1.92. The zero-order chi connectivity index (χ0) is 11.2. The quantitative estimate of drug-likeness (QED) is 0.770. The van der Waals surface area contributed by atoms with E-state index in [9.17, 15) is 0 Å². The van der Waals surface area contributed by atoms with Crippen molar-refractivity contribution in [3.63, 3.8) is 0 Å². The van der Waals surface area contributed by atoms with Gasteiger partial charge < -0.3 is 5.32 Å². The summed E-state index contributed by atoms with van der Waals surface area (Å²) in [5.41, 5.74) is 1.48. The van der Waals surface area contributed by atoms with Gasteiger partial charge in [0, 0.05) is 0 Å². The lowest BCUT2D eigenvalue weighted by Crippen LogP contribution is -2.27. The Balaban J connectivity index is 1.55. The molecule has 1 aromatic rings. The SMILES string of the molecule is CC1CCC(CNCCc2ccsc2)CC1. The standard InChI is InChI=1S/C14H23NS/c1-12-2-4-13(5-3-12)10-15-8-6-14-7-9-16-11-14/h7,9,11-13,15H,2-6,8,10H2,1H3. The first kappa shape index (κ1) is 12.1. The van der Waals surface area contributed by atoms with Crippen LogP contribution in [0.5, 0.6) is 0 Å². The van der Waals surface area contributed by atoms with E-state index in [1.165, 1.54) is 44.2 Å². The Morgan fingerprint density at radius 1 is 1.31 bits per heavy atom. The Morgan fingerprint density at radius 3 is 2.81 bits per heavy atom. The molecule has 0 unspecified atom stereocenters. The number of hydrogen-bond acceptors (Lipinski definition) is 2. The fourth-order valence-electron chi connectivity index (χ4n) is 2.51. The van der Waals surface area contributed by atoms with Crippen LogP contribution in [0.25, 0.3) is 0 Å². The Hall–Kier alpha value is -0.340. The maximum absolute atomic E-state index is 3.61. The van der Waals surface area contributed by atoms with E-state index >= 15 is 0 Å². The highest BCUT2D eigenvalue weighted by Gasteiger charge is 2.17. The summed E-state index contributed by atoms with van der Waals surface area (Å²) in [6.07, 6.45) is 6.94. The maximum atomic E-state index is 3.61. The van der Waals surface area contributed by atoms with Crippen LogP contribution in [0.2, 0.25) is 0 Å². The van der Waals surface area contributed by atoms with Gasteiger partial charge in [-0.1, -0.05) is 19.8 Å². The van der Waals surface area contributed by atoms with Crippen LogP contribution >= 0.6 is 11.3 Å². The van der Waals surface area contributed by atoms with Crippen molar-refractivity contribution >= 4 is 11.3 Å². The summed E-state index contributed by atoms with van der Waals surface area (Å²) in [6.45, 7) is 4.76. The second-order valence-electron chi connectivity index (χ2n) is 5.21. The van der Waals surface area contributed by atoms with Crippen LogP contribution in [0.1, 0.15) is 38.2 Å². The summed E-state index contributed by atoms with van der Waals surface area (Å²) >= 11 is 1.80. The van der Waals surface area contributed by atoms with Crippen molar-refractivity contribution in [1.29, 1.82) is 0 Å². The van der Waals surface area contributed by atoms with Crippen LogP contribution in [0.15, 0.2) is 16.8 Å². The Morgan fingerprint density at radius 2 is 2.12 bits per heavy atom. The lowest BCUT2D eigenvalue weighted by Gasteiger charge is -2.26. The summed E-state index contributed by atoms with van der Waals surface area (Å²) in [4.78, 5) is 0. The van der Waals surface area contributed by atoms with Crippen LogP contribution in [-0.2, 0) is 6.42 Å². The Labute approximate surface area is 103 Å². The zero-order valence-corrected chi connectivity index (χ0v) is 11.1. The van der Waals surface area contributed by atoms with Gasteiger partial charge in [0.15, 0.2) is 0 Å². The van der Waals surface area contributed by atoms with Crippen LogP contribution in [0, 0.1) is 11.8 Å². The average Bonchev–Trinajstić information content (AvgIpc) is 2.80. The summed E-state index contributed by atoms with van der Waals surface area (Å²) in [7, 11) is 0. The van der Waals surface area contributed by atoms with Gasteiger partial charge in [0.1, 0.15) is 0 Å². The van der Waals surface area contributed by atoms with Gasteiger partial charge in [-0.3, -0.25) is 0 Å². The third kappa shape index (κ3) is 3.91. The van der Waals surface area contributed by atoms with Crippen LogP contribution < -0.4 is 5.32 Å². The molecule has 0 aromatic carbocycles. The molecule has 1 fully saturated rings. The molecule has 1 aromatic heterocycles. The first-order chi connectivity index (χ1) is 7.84. The van der Waals surface area contributed by atoms with Crippen LogP contribution in [0.4, 0.5) is 0 Å². The second kappa shape index (κ2) is 6.41. The largest absolute Gasteiger partial charge is 0.316 e. The molecule has 0 bridgehead atoms. The van der Waals surface area contributed by atoms with E-state index < -0.39 is 0 Å². The van der Waals surface area contributed by atoms with E-state index in [0.29, 0.717) is 0 Å². The Bertz CT molecular complexity index is 273. The van der Waals surface area contributed by atoms with Crippen molar-refractivity contribution in [3.05, 3.63) is 22.4 Å². The maximum Gasteiger partial charge on any atom is -0.000794 e. The molecule has 2 rings (SSSR count). The molecule has 0 atom stereocenters. The molecule has 90 valence electrons. The predicted molar refractivity (Wildman–Crippen MR) is 72.0 cm³/mol. The van der Waals surface area contributed by atoms with Gasteiger partial charge in [-0.25, -0.2) is 0 Å². The molecular weight excluding hydrogens is 214 g/mol. The molecule has 1 N–H and O–H groups in total. The molecule has 0 spiro atoms. The molecule has 0 aliphatic heterocycles. The van der Waals surface area contributed by atoms with Gasteiger partial charge in [0.2, 0.25) is 0 Å². The van der Waals surface area contributed by atoms with E-state index in [2.05, 4.69) is 29.1 Å². The first-order valence-corrected chi connectivity index (χ1v) is 7.50. The molecule has 16 heavy (non-hydrogen) atoms. The van der Waals surface area contributed by atoms with E-state index in [0.717, 1.165) is 18.4 Å². The lowest BCUT2D eigenvalue weighted by atomic mass is 9.83. The topological polar surface area (TPSA) is 12.0 Å². The monoisotopic (exact) mass is 237 g/mol. The normalized spacial score (nSPS) is 25.8. The number of rotatable bonds is 5. The van der Waals surface area contributed by atoms with Crippen molar-refractivity contribution in [3.8, 4) is 0 Å². The molecule has 1 aliphatic carbocycles. The van der Waals surface area contributed by atoms with E-state index in [1.54, 1.807) is 11.3 Å². The van der Waals surface area contributed by atoms with Gasteiger partial charge in [0.25, 0.3) is 0 Å². The smallest absolute Gasteiger partial charge is 0.000794 e. The van der Waals surface area contributed by atoms with Crippen molar-refractivity contribution in [2.45, 2.75) is 39.0 Å². The zero-order valence-electron chi connectivity index (χ0n) is 10.2.